The molecule has 0 bridgehead atoms. The zero-order valence-electron chi connectivity index (χ0n) is 13.5. The first-order valence-electron chi connectivity index (χ1n) is 7.39. The number of hydrogen-bond donors (Lipinski definition) is 2. The zero-order valence-corrected chi connectivity index (χ0v) is 13.5. The molecule has 0 aliphatic carbocycles. The summed E-state index contributed by atoms with van der Waals surface area (Å²) in [6, 6.07) is 6.94. The fourth-order valence-electron chi connectivity index (χ4n) is 2.53. The number of rotatable bonds is 4. The van der Waals surface area contributed by atoms with Gasteiger partial charge in [-0.3, -0.25) is 9.36 Å². The maximum atomic E-state index is 12.2. The van der Waals surface area contributed by atoms with Crippen molar-refractivity contribution in [3.63, 3.8) is 0 Å². The summed E-state index contributed by atoms with van der Waals surface area (Å²) in [6.45, 7) is 3.71. The number of aromatic amines is 1. The van der Waals surface area contributed by atoms with Gasteiger partial charge in [0.25, 0.3) is 5.91 Å². The van der Waals surface area contributed by atoms with Crippen LogP contribution in [0.3, 0.4) is 0 Å². The van der Waals surface area contributed by atoms with E-state index in [0.717, 1.165) is 0 Å². The van der Waals surface area contributed by atoms with Gasteiger partial charge >= 0.3 is 5.69 Å². The van der Waals surface area contributed by atoms with E-state index in [1.807, 2.05) is 13.8 Å². The molecule has 0 unspecified atom stereocenters. The summed E-state index contributed by atoms with van der Waals surface area (Å²) in [6.07, 6.45) is 0. The van der Waals surface area contributed by atoms with E-state index in [0.29, 0.717) is 22.8 Å². The minimum absolute atomic E-state index is 0.0117. The number of primary amides is 1. The summed E-state index contributed by atoms with van der Waals surface area (Å²) >= 11 is 0. The number of benzene rings is 1. The molecule has 8 nitrogen and oxygen atoms in total. The molecule has 1 amide bonds. The van der Waals surface area contributed by atoms with Gasteiger partial charge in [0, 0.05) is 11.6 Å². The van der Waals surface area contributed by atoms with Crippen molar-refractivity contribution in [1.82, 2.24) is 19.5 Å². The standard InChI is InChI=1S/C16H17N5O3/c1-8(2)21-15-12(19-16(21)23)11(13(17)22)18-14(20-15)9-4-6-10(24-3)7-5-9/h4-8H,1-3H3,(H2,17,22)(H,19,23). The van der Waals surface area contributed by atoms with E-state index in [1.165, 1.54) is 4.57 Å². The third-order valence-electron chi connectivity index (χ3n) is 3.67. The molecule has 0 radical (unpaired) electrons. The van der Waals surface area contributed by atoms with E-state index in [-0.39, 0.29) is 22.9 Å². The van der Waals surface area contributed by atoms with E-state index < -0.39 is 5.91 Å². The third kappa shape index (κ3) is 2.51. The summed E-state index contributed by atoms with van der Waals surface area (Å²) in [5, 5.41) is 0. The Morgan fingerprint density at radius 2 is 1.92 bits per heavy atom. The molecule has 8 heteroatoms. The maximum Gasteiger partial charge on any atom is 0.327 e. The Bertz CT molecular complexity index is 970. The fourth-order valence-corrected chi connectivity index (χ4v) is 2.53. The van der Waals surface area contributed by atoms with Gasteiger partial charge in [-0.2, -0.15) is 0 Å². The Kier molecular flexibility index (Phi) is 3.80. The number of ether oxygens (including phenoxy) is 1. The first kappa shape index (κ1) is 15.7. The molecule has 24 heavy (non-hydrogen) atoms. The van der Waals surface area contributed by atoms with E-state index in [4.69, 9.17) is 10.5 Å². The van der Waals surface area contributed by atoms with Crippen molar-refractivity contribution in [3.05, 3.63) is 40.4 Å². The summed E-state index contributed by atoms with van der Waals surface area (Å²) in [5.41, 5.74) is 6.34. The number of carbonyl (C=O) groups excluding carboxylic acids is 1. The molecule has 0 aliphatic heterocycles. The van der Waals surface area contributed by atoms with Crippen LogP contribution in [0.2, 0.25) is 0 Å². The molecule has 0 saturated carbocycles. The smallest absolute Gasteiger partial charge is 0.327 e. The Morgan fingerprint density at radius 3 is 2.46 bits per heavy atom. The fraction of sp³-hybridized carbons (Fsp3) is 0.250. The van der Waals surface area contributed by atoms with E-state index in [9.17, 15) is 9.59 Å². The zero-order chi connectivity index (χ0) is 17.4. The molecule has 0 atom stereocenters. The average molecular weight is 327 g/mol. The van der Waals surface area contributed by atoms with Crippen LogP contribution >= 0.6 is 0 Å². The molecule has 124 valence electrons. The number of nitrogens with one attached hydrogen (secondary N) is 1. The lowest BCUT2D eigenvalue weighted by molar-refractivity contribution is 0.0997. The summed E-state index contributed by atoms with van der Waals surface area (Å²) in [5.74, 6) is 0.275. The quantitative estimate of drug-likeness (QED) is 0.753. The molecular weight excluding hydrogens is 310 g/mol. The Balaban J connectivity index is 2.30. The van der Waals surface area contributed by atoms with Crippen molar-refractivity contribution in [2.75, 3.05) is 7.11 Å². The van der Waals surface area contributed by atoms with Crippen LogP contribution in [0.1, 0.15) is 30.4 Å². The topological polar surface area (TPSA) is 116 Å². The van der Waals surface area contributed by atoms with Crippen LogP contribution in [0.4, 0.5) is 0 Å². The van der Waals surface area contributed by atoms with Crippen LogP contribution in [0, 0.1) is 0 Å². The maximum absolute atomic E-state index is 12.2. The molecular formula is C16H17N5O3. The lowest BCUT2D eigenvalue weighted by atomic mass is 10.2. The molecule has 0 aliphatic rings. The molecule has 1 aromatic carbocycles. The van der Waals surface area contributed by atoms with Gasteiger partial charge in [0.05, 0.1) is 7.11 Å². The van der Waals surface area contributed by atoms with Gasteiger partial charge in [0.15, 0.2) is 17.2 Å². The van der Waals surface area contributed by atoms with E-state index in [2.05, 4.69) is 15.0 Å². The third-order valence-corrected chi connectivity index (χ3v) is 3.67. The lowest BCUT2D eigenvalue weighted by Gasteiger charge is -2.09. The highest BCUT2D eigenvalue weighted by molar-refractivity contribution is 6.01. The number of aromatic nitrogens is 4. The van der Waals surface area contributed by atoms with Crippen molar-refractivity contribution in [3.8, 4) is 17.1 Å². The molecule has 0 spiro atoms. The van der Waals surface area contributed by atoms with Crippen molar-refractivity contribution >= 4 is 17.1 Å². The lowest BCUT2D eigenvalue weighted by Crippen LogP contribution is -2.18. The van der Waals surface area contributed by atoms with E-state index >= 15 is 0 Å². The second-order valence-electron chi connectivity index (χ2n) is 5.58. The molecule has 3 rings (SSSR count). The van der Waals surface area contributed by atoms with Crippen LogP contribution in [-0.4, -0.2) is 32.5 Å². The largest absolute Gasteiger partial charge is 0.497 e. The number of hydrogen-bond acceptors (Lipinski definition) is 5. The summed E-state index contributed by atoms with van der Waals surface area (Å²) < 4.78 is 6.59. The highest BCUT2D eigenvalue weighted by atomic mass is 16.5. The molecule has 3 aromatic rings. The van der Waals surface area contributed by atoms with Gasteiger partial charge in [0.1, 0.15) is 11.3 Å². The number of imidazole rings is 1. The molecule has 0 saturated heterocycles. The molecule has 2 heterocycles. The first-order valence-corrected chi connectivity index (χ1v) is 7.39. The molecule has 2 aromatic heterocycles. The second kappa shape index (κ2) is 5.80. The molecule has 0 fully saturated rings. The summed E-state index contributed by atoms with van der Waals surface area (Å²) in [7, 11) is 1.57. The minimum atomic E-state index is -0.727. The van der Waals surface area contributed by atoms with Crippen molar-refractivity contribution in [2.45, 2.75) is 19.9 Å². The van der Waals surface area contributed by atoms with Crippen LogP contribution in [0.15, 0.2) is 29.1 Å². The number of methoxy groups -OCH3 is 1. The predicted octanol–water partition coefficient (Wildman–Crippen LogP) is 1.47. The second-order valence-corrected chi connectivity index (χ2v) is 5.58. The van der Waals surface area contributed by atoms with Crippen LogP contribution < -0.4 is 16.2 Å². The number of fused-ring (bicyclic) bond motifs is 1. The monoisotopic (exact) mass is 327 g/mol. The van der Waals surface area contributed by atoms with Gasteiger partial charge in [-0.1, -0.05) is 0 Å². The first-order chi connectivity index (χ1) is 11.4. The van der Waals surface area contributed by atoms with Gasteiger partial charge in [-0.05, 0) is 38.1 Å². The average Bonchev–Trinajstić information content (AvgIpc) is 2.89. The van der Waals surface area contributed by atoms with Crippen LogP contribution in [0.5, 0.6) is 5.75 Å². The SMILES string of the molecule is COc1ccc(-c2nc(C(N)=O)c3[nH]c(=O)n(C(C)C)c3n2)cc1. The molecule has 3 N–H and O–H groups in total. The van der Waals surface area contributed by atoms with Gasteiger partial charge in [0.2, 0.25) is 0 Å². The van der Waals surface area contributed by atoms with Gasteiger partial charge < -0.3 is 15.5 Å². The number of amides is 1. The van der Waals surface area contributed by atoms with Crippen LogP contribution in [-0.2, 0) is 0 Å². The number of carbonyl (C=O) groups is 1. The predicted molar refractivity (Wildman–Crippen MR) is 89.0 cm³/mol. The highest BCUT2D eigenvalue weighted by Crippen LogP contribution is 2.23. The van der Waals surface area contributed by atoms with Gasteiger partial charge in [-0.15, -0.1) is 0 Å². The van der Waals surface area contributed by atoms with Crippen molar-refractivity contribution in [1.29, 1.82) is 0 Å². The number of H-pyrrole nitrogens is 1. The Morgan fingerprint density at radius 1 is 1.25 bits per heavy atom. The van der Waals surface area contributed by atoms with Crippen molar-refractivity contribution in [2.24, 2.45) is 5.73 Å². The normalized spacial score (nSPS) is 11.2. The number of nitrogens with zero attached hydrogens (tertiary/aromatic N) is 3. The Labute approximate surface area is 137 Å². The van der Waals surface area contributed by atoms with E-state index in [1.54, 1.807) is 31.4 Å². The highest BCUT2D eigenvalue weighted by Gasteiger charge is 2.20. The minimum Gasteiger partial charge on any atom is -0.497 e. The summed E-state index contributed by atoms with van der Waals surface area (Å²) in [4.78, 5) is 35.2. The Hall–Kier alpha value is -3.16. The van der Waals surface area contributed by atoms with Crippen LogP contribution in [0.25, 0.3) is 22.6 Å². The van der Waals surface area contributed by atoms with Crippen molar-refractivity contribution < 1.29 is 9.53 Å². The number of nitrogens with two attached hydrogens (primary N) is 1. The van der Waals surface area contributed by atoms with Gasteiger partial charge in [-0.25, -0.2) is 14.8 Å².